The minimum Gasteiger partial charge on any atom is -0.625 e. The molecule has 5 rings (SSSR count). The first kappa shape index (κ1) is 21.6. The van der Waals surface area contributed by atoms with Crippen LogP contribution in [-0.4, -0.2) is 26.6 Å². The number of ketones is 1. The van der Waals surface area contributed by atoms with Gasteiger partial charge in [0.1, 0.15) is 11.5 Å². The Morgan fingerprint density at radius 3 is 1.53 bits per heavy atom. The summed E-state index contributed by atoms with van der Waals surface area (Å²) in [5, 5.41) is 0. The third kappa shape index (κ3) is 4.08. The monoisotopic (exact) mass is 448 g/mol. The maximum atomic E-state index is 6.82. The number of benzene rings is 4. The molecule has 0 atom stereocenters. The molecule has 0 fully saturated rings. The van der Waals surface area contributed by atoms with Gasteiger partial charge in [-0.15, -0.1) is 0 Å². The molecule has 0 N–H and O–H groups in total. The van der Waals surface area contributed by atoms with Crippen LogP contribution in [0.15, 0.2) is 115 Å². The van der Waals surface area contributed by atoms with E-state index >= 15 is 0 Å². The first-order chi connectivity index (χ1) is 16.7. The summed E-state index contributed by atoms with van der Waals surface area (Å²) >= 11 is 0. The molecule has 5 heteroatoms. The predicted molar refractivity (Wildman–Crippen MR) is 137 cm³/mol. The normalized spacial score (nSPS) is 14.4. The van der Waals surface area contributed by atoms with Crippen LogP contribution in [0.2, 0.25) is 0 Å². The summed E-state index contributed by atoms with van der Waals surface area (Å²) in [6, 6.07) is 35.9. The van der Waals surface area contributed by atoms with Gasteiger partial charge in [0, 0.05) is 5.56 Å². The first-order valence-corrected chi connectivity index (χ1v) is 11.2. The van der Waals surface area contributed by atoms with Crippen molar-refractivity contribution in [3.8, 4) is 11.5 Å². The Balaban J connectivity index is 1.73. The van der Waals surface area contributed by atoms with Gasteiger partial charge in [-0.05, 0) is 59.5 Å². The number of methoxy groups -OCH3 is 2. The van der Waals surface area contributed by atoms with Gasteiger partial charge in [0.2, 0.25) is 0 Å². The number of hydrogen-bond donors (Lipinski definition) is 0. The summed E-state index contributed by atoms with van der Waals surface area (Å²) in [4.78, 5) is 0. The zero-order valence-corrected chi connectivity index (χ0v) is 19.2. The highest BCUT2D eigenvalue weighted by Crippen LogP contribution is 2.29. The van der Waals surface area contributed by atoms with Gasteiger partial charge in [0.15, 0.2) is 0 Å². The average Bonchev–Trinajstić information content (AvgIpc) is 2.94. The van der Waals surface area contributed by atoms with Crippen molar-refractivity contribution in [1.29, 1.82) is 0 Å². The summed E-state index contributed by atoms with van der Waals surface area (Å²) in [7, 11) is 3.32. The van der Waals surface area contributed by atoms with Crippen LogP contribution in [0.5, 0.6) is 11.5 Å². The molecule has 4 nitrogen and oxygen atoms in total. The van der Waals surface area contributed by atoms with E-state index < -0.39 is 6.55 Å². The summed E-state index contributed by atoms with van der Waals surface area (Å²) in [6.45, 7) is -2.05. The Labute approximate surface area is 199 Å². The zero-order valence-electron chi connectivity index (χ0n) is 19.2. The van der Waals surface area contributed by atoms with E-state index in [-0.39, 0.29) is 0 Å². The summed E-state index contributed by atoms with van der Waals surface area (Å²) in [5.41, 5.74) is 3.79. The van der Waals surface area contributed by atoms with E-state index in [1.165, 1.54) is 0 Å². The third-order valence-corrected chi connectivity index (χ3v) is 6.07. The summed E-state index contributed by atoms with van der Waals surface area (Å²) < 4.78 is 24.3. The molecular formula is C29H25BO4. The van der Waals surface area contributed by atoms with Crippen LogP contribution in [-0.2, 0) is 4.65 Å². The smallest absolute Gasteiger partial charge is 0.625 e. The van der Waals surface area contributed by atoms with Gasteiger partial charge in [-0.25, -0.2) is 0 Å². The second-order valence-corrected chi connectivity index (χ2v) is 8.10. The van der Waals surface area contributed by atoms with Crippen LogP contribution >= 0.6 is 0 Å². The number of ether oxygens (including phenoxy) is 2. The molecule has 34 heavy (non-hydrogen) atoms. The van der Waals surface area contributed by atoms with Crippen LogP contribution < -0.4 is 20.4 Å². The van der Waals surface area contributed by atoms with Gasteiger partial charge >= 0.3 is 6.55 Å². The SMILES string of the molecule is COc1ccc(C2=CC(c3ccc(OC)cc3)=[O+][B-](c3ccccc3)(c3ccccc3)O2)cc1. The molecule has 0 saturated carbocycles. The fourth-order valence-electron chi connectivity index (χ4n) is 4.26. The average molecular weight is 448 g/mol. The molecule has 0 saturated heterocycles. The van der Waals surface area contributed by atoms with Crippen molar-refractivity contribution < 1.29 is 18.5 Å². The molecule has 0 unspecified atom stereocenters. The lowest BCUT2D eigenvalue weighted by molar-refractivity contribution is -0.124. The zero-order chi connectivity index (χ0) is 23.4. The fraction of sp³-hybridized carbons (Fsp3) is 0.0690. The van der Waals surface area contributed by atoms with E-state index in [0.29, 0.717) is 0 Å². The van der Waals surface area contributed by atoms with Crippen molar-refractivity contribution in [2.45, 2.75) is 0 Å². The van der Waals surface area contributed by atoms with E-state index in [0.717, 1.165) is 45.1 Å². The maximum Gasteiger partial charge on any atom is 0.650 e. The van der Waals surface area contributed by atoms with Gasteiger partial charge in [0.25, 0.3) is 5.78 Å². The van der Waals surface area contributed by atoms with Gasteiger partial charge in [0.05, 0.1) is 31.6 Å². The molecule has 0 spiro atoms. The van der Waals surface area contributed by atoms with Gasteiger partial charge < -0.3 is 18.5 Å². The Morgan fingerprint density at radius 2 is 1.06 bits per heavy atom. The number of allylic oxidation sites excluding steroid dienone is 1. The molecule has 0 aromatic heterocycles. The highest BCUT2D eigenvalue weighted by atomic mass is 16.6. The number of rotatable bonds is 6. The first-order valence-electron chi connectivity index (χ1n) is 11.2. The molecule has 4 aromatic carbocycles. The predicted octanol–water partition coefficient (Wildman–Crippen LogP) is 4.75. The van der Waals surface area contributed by atoms with Crippen LogP contribution in [0, 0.1) is 0 Å². The van der Waals surface area contributed by atoms with Crippen LogP contribution in [0.25, 0.3) is 5.76 Å². The topological polar surface area (TPSA) is 39.0 Å². The Morgan fingerprint density at radius 1 is 0.588 bits per heavy atom. The lowest BCUT2D eigenvalue weighted by Gasteiger charge is -2.33. The number of hydrogen-bond acceptors (Lipinski definition) is 3. The van der Waals surface area contributed by atoms with Gasteiger partial charge in [-0.2, -0.15) is 0 Å². The van der Waals surface area contributed by atoms with E-state index in [1.807, 2.05) is 91.0 Å². The van der Waals surface area contributed by atoms with Crippen molar-refractivity contribution in [2.24, 2.45) is 0 Å². The molecule has 1 heterocycles. The largest absolute Gasteiger partial charge is 0.650 e. The molecule has 1 aliphatic heterocycles. The Kier molecular flexibility index (Phi) is 5.92. The molecule has 1 aliphatic rings. The second kappa shape index (κ2) is 9.32. The minimum atomic E-state index is -2.05. The van der Waals surface area contributed by atoms with Crippen molar-refractivity contribution >= 4 is 29.0 Å². The van der Waals surface area contributed by atoms with Gasteiger partial charge in [-0.3, -0.25) is 0 Å². The van der Waals surface area contributed by atoms with Crippen molar-refractivity contribution in [2.75, 3.05) is 14.2 Å². The van der Waals surface area contributed by atoms with E-state index in [1.54, 1.807) is 14.2 Å². The molecule has 0 bridgehead atoms. The van der Waals surface area contributed by atoms with E-state index in [4.69, 9.17) is 18.5 Å². The summed E-state index contributed by atoms with van der Waals surface area (Å²) in [5.74, 6) is 3.04. The van der Waals surface area contributed by atoms with Crippen molar-refractivity contribution in [1.82, 2.24) is 0 Å². The van der Waals surface area contributed by atoms with Gasteiger partial charge in [-0.1, -0.05) is 60.7 Å². The van der Waals surface area contributed by atoms with E-state index in [9.17, 15) is 0 Å². The quantitative estimate of drug-likeness (QED) is 0.316. The van der Waals surface area contributed by atoms with Crippen molar-refractivity contribution in [3.05, 3.63) is 126 Å². The van der Waals surface area contributed by atoms with Crippen LogP contribution in [0.1, 0.15) is 15.5 Å². The third-order valence-electron chi connectivity index (χ3n) is 6.07. The fourth-order valence-corrected chi connectivity index (χ4v) is 4.26. The minimum absolute atomic E-state index is 0.729. The standard InChI is InChI=1S/C29H25BO4/c1-31-26-17-13-22(14-18-26)28-21-29(23-15-19-27(32-2)20-16-23)34-30(33-28,24-9-5-3-6-10-24)25-11-7-4-8-12-25/h3-21H,1-2H3. The lowest BCUT2D eigenvalue weighted by atomic mass is 9.46. The van der Waals surface area contributed by atoms with E-state index in [2.05, 4.69) is 24.3 Å². The highest BCUT2D eigenvalue weighted by Gasteiger charge is 2.51. The van der Waals surface area contributed by atoms with Crippen LogP contribution in [0.4, 0.5) is 0 Å². The molecular weight excluding hydrogens is 423 g/mol. The molecule has 4 aromatic rings. The van der Waals surface area contributed by atoms with Crippen molar-refractivity contribution in [3.63, 3.8) is 0 Å². The second-order valence-electron chi connectivity index (χ2n) is 8.10. The Hall–Kier alpha value is -4.25. The molecule has 0 radical (unpaired) electrons. The highest BCUT2D eigenvalue weighted by molar-refractivity contribution is 6.92. The summed E-state index contributed by atoms with van der Waals surface area (Å²) in [6.07, 6.45) is 1.95. The molecule has 168 valence electrons. The number of carbonyl (C=O) groups excluding carboxylic acids is 1. The molecule has 0 aliphatic carbocycles. The Bertz CT molecular complexity index is 1270. The lowest BCUT2D eigenvalue weighted by Crippen LogP contribution is -2.61. The maximum absolute atomic E-state index is 6.82. The van der Waals surface area contributed by atoms with Crippen LogP contribution in [0.3, 0.4) is 0 Å². The molecule has 0 amide bonds.